The zero-order valence-corrected chi connectivity index (χ0v) is 26.1. The van der Waals surface area contributed by atoms with Crippen molar-refractivity contribution in [1.82, 2.24) is 19.4 Å². The third-order valence-electron chi connectivity index (χ3n) is 7.86. The molecule has 2 aliphatic heterocycles. The van der Waals surface area contributed by atoms with Crippen LogP contribution in [0, 0.1) is 0 Å². The van der Waals surface area contributed by atoms with Gasteiger partial charge in [0.25, 0.3) is 0 Å². The van der Waals surface area contributed by atoms with Crippen LogP contribution < -0.4 is 15.5 Å². The van der Waals surface area contributed by atoms with E-state index in [9.17, 15) is 14.7 Å². The first-order valence-electron chi connectivity index (χ1n) is 14.8. The van der Waals surface area contributed by atoms with E-state index in [0.29, 0.717) is 53.0 Å². The second-order valence-electron chi connectivity index (χ2n) is 12.6. The van der Waals surface area contributed by atoms with Crippen molar-refractivity contribution in [2.24, 2.45) is 0 Å². The summed E-state index contributed by atoms with van der Waals surface area (Å²) in [6, 6.07) is 6.73. The topological polar surface area (TPSA) is 104 Å². The Balaban J connectivity index is 1.65. The van der Waals surface area contributed by atoms with E-state index in [1.807, 2.05) is 52.5 Å². The number of carbonyl (C=O) groups excluding carboxylic acids is 1. The van der Waals surface area contributed by atoms with Crippen LogP contribution in [0.4, 0.5) is 16.4 Å². The van der Waals surface area contributed by atoms with E-state index >= 15 is 0 Å². The van der Waals surface area contributed by atoms with E-state index in [4.69, 9.17) is 21.3 Å². The molecule has 2 fully saturated rings. The number of hydrogen-bond acceptors (Lipinski definition) is 8. The Kier molecular flexibility index (Phi) is 8.29. The van der Waals surface area contributed by atoms with Gasteiger partial charge in [-0.05, 0) is 82.7 Å². The highest BCUT2D eigenvalue weighted by atomic mass is 35.5. The van der Waals surface area contributed by atoms with Crippen molar-refractivity contribution in [2.45, 2.75) is 78.4 Å². The minimum Gasteiger partial charge on any atom is -0.508 e. The molecule has 0 bridgehead atoms. The molecule has 1 aromatic carbocycles. The number of amides is 1. The van der Waals surface area contributed by atoms with Crippen LogP contribution in [0.3, 0.4) is 0 Å². The van der Waals surface area contributed by atoms with Gasteiger partial charge in [0.15, 0.2) is 5.65 Å². The number of phenols is 1. The van der Waals surface area contributed by atoms with Gasteiger partial charge in [0.2, 0.25) is 0 Å². The van der Waals surface area contributed by atoms with E-state index in [0.717, 1.165) is 31.5 Å². The molecule has 11 heteroatoms. The summed E-state index contributed by atoms with van der Waals surface area (Å²) in [7, 11) is 0. The van der Waals surface area contributed by atoms with Gasteiger partial charge in [-0.25, -0.2) is 19.1 Å². The Morgan fingerprint density at radius 1 is 1.05 bits per heavy atom. The fraction of sp³-hybridized carbons (Fsp3) is 0.548. The third-order valence-corrected chi connectivity index (χ3v) is 8.14. The summed E-state index contributed by atoms with van der Waals surface area (Å²) in [5.74, 6) is 1.31. The van der Waals surface area contributed by atoms with Gasteiger partial charge >= 0.3 is 11.8 Å². The number of anilines is 2. The number of ether oxygens (including phenoxy) is 1. The Morgan fingerprint density at radius 2 is 1.76 bits per heavy atom. The van der Waals surface area contributed by atoms with Crippen LogP contribution in [0.1, 0.15) is 72.3 Å². The number of rotatable bonds is 4. The molecule has 0 saturated carbocycles. The van der Waals surface area contributed by atoms with Crippen LogP contribution in [-0.2, 0) is 4.74 Å². The fourth-order valence-electron chi connectivity index (χ4n) is 5.83. The van der Waals surface area contributed by atoms with Crippen LogP contribution in [0.5, 0.6) is 5.75 Å². The monoisotopic (exact) mass is 596 g/mol. The molecule has 226 valence electrons. The van der Waals surface area contributed by atoms with Crippen molar-refractivity contribution in [1.29, 1.82) is 0 Å². The smallest absolute Gasteiger partial charge is 0.410 e. The third kappa shape index (κ3) is 6.00. The Labute approximate surface area is 251 Å². The lowest BCUT2D eigenvalue weighted by atomic mass is 10.0. The number of phenolic OH excluding ortho intramolecular Hbond substituents is 1. The highest BCUT2D eigenvalue weighted by Crippen LogP contribution is 2.36. The number of piperazine rings is 1. The maximum Gasteiger partial charge on any atom is 0.410 e. The number of nitrogens with zero attached hydrogens (tertiary/aromatic N) is 6. The number of aromatic nitrogens is 3. The predicted molar refractivity (Wildman–Crippen MR) is 167 cm³/mol. The Morgan fingerprint density at radius 3 is 2.40 bits per heavy atom. The van der Waals surface area contributed by atoms with Crippen LogP contribution in [0.25, 0.3) is 16.7 Å². The molecule has 2 saturated heterocycles. The van der Waals surface area contributed by atoms with Crippen molar-refractivity contribution in [2.75, 3.05) is 42.5 Å². The molecule has 10 nitrogen and oxygen atoms in total. The van der Waals surface area contributed by atoms with Crippen LogP contribution in [0.2, 0.25) is 5.02 Å². The molecule has 5 rings (SSSR count). The van der Waals surface area contributed by atoms with Gasteiger partial charge in [0.1, 0.15) is 23.0 Å². The molecule has 1 N–H and O–H groups in total. The molecule has 1 atom stereocenters. The molecule has 0 aliphatic carbocycles. The largest absolute Gasteiger partial charge is 0.508 e. The number of carbonyl (C=O) groups is 1. The van der Waals surface area contributed by atoms with Gasteiger partial charge in [0.05, 0.1) is 16.1 Å². The fourth-order valence-corrected chi connectivity index (χ4v) is 6.10. The van der Waals surface area contributed by atoms with Crippen molar-refractivity contribution in [3.8, 4) is 11.4 Å². The maximum absolute atomic E-state index is 14.0. The maximum atomic E-state index is 14.0. The number of halogens is 1. The minimum absolute atomic E-state index is 0.0311. The van der Waals surface area contributed by atoms with Gasteiger partial charge in [-0.1, -0.05) is 25.4 Å². The van der Waals surface area contributed by atoms with Gasteiger partial charge in [-0.2, -0.15) is 4.98 Å². The van der Waals surface area contributed by atoms with E-state index in [1.165, 1.54) is 6.42 Å². The SMILES string of the molecule is CC(C)c1cc(O)ccc1-n1c(=O)nc(N2CCN(C(=O)OC(C)(C)C)CC2C)c2cc(Cl)c(N3CCCCC3)nc21. The van der Waals surface area contributed by atoms with Gasteiger partial charge in [0, 0.05) is 38.8 Å². The Hall–Kier alpha value is -3.53. The number of aromatic hydroxyl groups is 1. The molecular formula is C31H41ClN6O4. The lowest BCUT2D eigenvalue weighted by Gasteiger charge is -2.41. The molecule has 4 heterocycles. The summed E-state index contributed by atoms with van der Waals surface area (Å²) in [4.78, 5) is 42.3. The number of piperidine rings is 1. The molecule has 1 unspecified atom stereocenters. The first kappa shape index (κ1) is 29.9. The van der Waals surface area contributed by atoms with Crippen molar-refractivity contribution in [3.63, 3.8) is 0 Å². The summed E-state index contributed by atoms with van der Waals surface area (Å²) in [5, 5.41) is 11.4. The van der Waals surface area contributed by atoms with Crippen molar-refractivity contribution < 1.29 is 14.6 Å². The predicted octanol–water partition coefficient (Wildman–Crippen LogP) is 5.70. The van der Waals surface area contributed by atoms with E-state index in [-0.39, 0.29) is 23.8 Å². The lowest BCUT2D eigenvalue weighted by molar-refractivity contribution is 0.0218. The van der Waals surface area contributed by atoms with Gasteiger partial charge in [-0.15, -0.1) is 0 Å². The molecule has 2 aromatic heterocycles. The summed E-state index contributed by atoms with van der Waals surface area (Å²) < 4.78 is 7.14. The van der Waals surface area contributed by atoms with Gasteiger partial charge < -0.3 is 24.5 Å². The highest BCUT2D eigenvalue weighted by Gasteiger charge is 2.33. The summed E-state index contributed by atoms with van der Waals surface area (Å²) in [5.41, 5.74) is 0.843. The minimum atomic E-state index is -0.586. The van der Waals surface area contributed by atoms with E-state index in [1.54, 1.807) is 27.7 Å². The second kappa shape index (κ2) is 11.6. The average Bonchev–Trinajstić information content (AvgIpc) is 2.92. The second-order valence-corrected chi connectivity index (χ2v) is 13.0. The number of fused-ring (bicyclic) bond motifs is 1. The summed E-state index contributed by atoms with van der Waals surface area (Å²) in [6.07, 6.45) is 2.92. The quantitative estimate of drug-likeness (QED) is 0.409. The number of hydrogen-bond donors (Lipinski definition) is 1. The molecule has 0 spiro atoms. The zero-order chi connectivity index (χ0) is 30.3. The lowest BCUT2D eigenvalue weighted by Crippen LogP contribution is -2.55. The van der Waals surface area contributed by atoms with Crippen LogP contribution in [-0.4, -0.2) is 75.0 Å². The van der Waals surface area contributed by atoms with Crippen molar-refractivity contribution >= 4 is 40.4 Å². The van der Waals surface area contributed by atoms with E-state index < -0.39 is 11.3 Å². The average molecular weight is 597 g/mol. The summed E-state index contributed by atoms with van der Waals surface area (Å²) in [6.45, 7) is 14.6. The molecule has 1 amide bonds. The number of pyridine rings is 1. The van der Waals surface area contributed by atoms with E-state index in [2.05, 4.69) is 9.88 Å². The zero-order valence-electron chi connectivity index (χ0n) is 25.4. The van der Waals surface area contributed by atoms with Crippen LogP contribution >= 0.6 is 11.6 Å². The van der Waals surface area contributed by atoms with Crippen LogP contribution in [0.15, 0.2) is 29.1 Å². The van der Waals surface area contributed by atoms with Crippen molar-refractivity contribution in [3.05, 3.63) is 45.3 Å². The first-order valence-corrected chi connectivity index (χ1v) is 15.2. The Bertz CT molecular complexity index is 1540. The normalized spacial score (nSPS) is 18.2. The first-order chi connectivity index (χ1) is 19.8. The van der Waals surface area contributed by atoms with Gasteiger partial charge in [-0.3, -0.25) is 0 Å². The molecular weight excluding hydrogens is 556 g/mol. The summed E-state index contributed by atoms with van der Waals surface area (Å²) >= 11 is 6.91. The molecule has 2 aliphatic rings. The molecule has 0 radical (unpaired) electrons. The molecule has 42 heavy (non-hydrogen) atoms. The number of benzene rings is 1. The molecule has 3 aromatic rings. The highest BCUT2D eigenvalue weighted by molar-refractivity contribution is 6.33. The standard InChI is InChI=1S/C31H41ClN6O4/c1-19(2)22-16-21(39)10-11-25(22)38-27-23(17-24(32)28(33-27)35-12-8-7-9-13-35)26(34-29(38)40)37-15-14-36(18-20(37)3)30(41)42-31(4,5)6/h10-11,16-17,19-20,39H,7-9,12-15,18H2,1-6H3.